The smallest absolute Gasteiger partial charge is 0.370 e. The number of hydrogen-bond donors (Lipinski definition) is 1. The molecule has 100 valence electrons. The average molecular weight is 259 g/mol. The summed E-state index contributed by atoms with van der Waals surface area (Å²) in [5, 5.41) is 2.98. The monoisotopic (exact) mass is 259 g/mol. The van der Waals surface area contributed by atoms with E-state index in [-0.39, 0.29) is 0 Å². The maximum atomic E-state index is 12.5. The first-order valence-corrected chi connectivity index (χ1v) is 5.91. The van der Waals surface area contributed by atoms with Gasteiger partial charge in [0.25, 0.3) is 0 Å². The van der Waals surface area contributed by atoms with Crippen LogP contribution in [0.15, 0.2) is 18.3 Å². The van der Waals surface area contributed by atoms with Crippen LogP contribution in [0.25, 0.3) is 0 Å². The van der Waals surface area contributed by atoms with Crippen molar-refractivity contribution >= 4 is 5.82 Å². The van der Waals surface area contributed by atoms with E-state index in [4.69, 9.17) is 0 Å². The van der Waals surface area contributed by atoms with E-state index >= 15 is 0 Å². The van der Waals surface area contributed by atoms with E-state index in [0.717, 1.165) is 31.6 Å². The van der Waals surface area contributed by atoms with Gasteiger partial charge < -0.3 is 10.2 Å². The highest BCUT2D eigenvalue weighted by atomic mass is 19.4. The van der Waals surface area contributed by atoms with Gasteiger partial charge in [0.2, 0.25) is 0 Å². The molecule has 0 radical (unpaired) electrons. The topological polar surface area (TPSA) is 28.2 Å². The number of alkyl halides is 3. The summed E-state index contributed by atoms with van der Waals surface area (Å²) in [5.74, 6) is 0.769. The number of rotatable bonds is 3. The summed E-state index contributed by atoms with van der Waals surface area (Å²) in [4.78, 5) is 6.12. The van der Waals surface area contributed by atoms with Crippen molar-refractivity contribution < 1.29 is 13.2 Å². The molecule has 0 bridgehead atoms. The van der Waals surface area contributed by atoms with Crippen LogP contribution in [0.3, 0.4) is 0 Å². The number of hydrogen-bond acceptors (Lipinski definition) is 3. The van der Waals surface area contributed by atoms with Crippen LogP contribution in [-0.2, 0) is 6.18 Å². The quantitative estimate of drug-likeness (QED) is 0.903. The van der Waals surface area contributed by atoms with Crippen molar-refractivity contribution in [1.29, 1.82) is 0 Å². The third-order valence-corrected chi connectivity index (χ3v) is 3.15. The van der Waals surface area contributed by atoms with E-state index in [2.05, 4.69) is 15.2 Å². The maximum absolute atomic E-state index is 12.5. The van der Waals surface area contributed by atoms with Gasteiger partial charge in [-0.3, -0.25) is 0 Å². The zero-order chi connectivity index (χ0) is 13.2. The first kappa shape index (κ1) is 13.1. The molecule has 1 aliphatic rings. The van der Waals surface area contributed by atoms with Crippen LogP contribution in [0.5, 0.6) is 0 Å². The summed E-state index contributed by atoms with van der Waals surface area (Å²) in [5.41, 5.74) is -0.663. The Bertz CT molecular complexity index is 406. The second kappa shape index (κ2) is 5.14. The second-order valence-corrected chi connectivity index (χ2v) is 4.73. The van der Waals surface area contributed by atoms with Crippen molar-refractivity contribution in [3.8, 4) is 0 Å². The molecule has 0 aromatic carbocycles. The van der Waals surface area contributed by atoms with Gasteiger partial charge in [-0.15, -0.1) is 0 Å². The van der Waals surface area contributed by atoms with Gasteiger partial charge in [0.1, 0.15) is 5.82 Å². The largest absolute Gasteiger partial charge is 0.416 e. The van der Waals surface area contributed by atoms with E-state index in [1.54, 1.807) is 0 Å². The van der Waals surface area contributed by atoms with Crippen LogP contribution in [0.1, 0.15) is 12.0 Å². The zero-order valence-corrected chi connectivity index (χ0v) is 10.2. The molecule has 0 spiro atoms. The highest BCUT2D eigenvalue weighted by molar-refractivity contribution is 5.38. The Morgan fingerprint density at radius 3 is 2.89 bits per heavy atom. The third kappa shape index (κ3) is 3.35. The molecule has 1 fully saturated rings. The molecule has 6 heteroatoms. The fourth-order valence-electron chi connectivity index (χ4n) is 2.15. The Morgan fingerprint density at radius 2 is 2.28 bits per heavy atom. The molecule has 2 rings (SSSR count). The average Bonchev–Trinajstić information content (AvgIpc) is 2.72. The fraction of sp³-hybridized carbons (Fsp3) is 0.583. The molecular weight excluding hydrogens is 243 g/mol. The summed E-state index contributed by atoms with van der Waals surface area (Å²) in [6.07, 6.45) is -2.05. The Kier molecular flexibility index (Phi) is 3.75. The number of pyridine rings is 1. The Labute approximate surface area is 104 Å². The standard InChI is InChI=1S/C12H16F3N3/c1-18-5-3-9(8-18)7-17-11-6-10(2-4-16-11)12(13,14)15/h2,4,6,9H,3,5,7-8H2,1H3,(H,16,17). The molecule has 0 amide bonds. The minimum Gasteiger partial charge on any atom is -0.370 e. The van der Waals surface area contributed by atoms with Gasteiger partial charge in [-0.1, -0.05) is 0 Å². The molecule has 1 aromatic heterocycles. The summed E-state index contributed by atoms with van der Waals surface area (Å²) in [7, 11) is 2.04. The van der Waals surface area contributed by atoms with Crippen molar-refractivity contribution in [2.24, 2.45) is 5.92 Å². The van der Waals surface area contributed by atoms with E-state index < -0.39 is 11.7 Å². The second-order valence-electron chi connectivity index (χ2n) is 4.73. The first-order chi connectivity index (χ1) is 8.45. The zero-order valence-electron chi connectivity index (χ0n) is 10.2. The van der Waals surface area contributed by atoms with Crippen LogP contribution in [0, 0.1) is 5.92 Å². The lowest BCUT2D eigenvalue weighted by Gasteiger charge is -2.13. The molecule has 1 aromatic rings. The van der Waals surface area contributed by atoms with E-state index in [1.807, 2.05) is 7.05 Å². The Morgan fingerprint density at radius 1 is 1.50 bits per heavy atom. The van der Waals surface area contributed by atoms with E-state index in [1.165, 1.54) is 6.20 Å². The number of nitrogens with zero attached hydrogens (tertiary/aromatic N) is 2. The van der Waals surface area contributed by atoms with Crippen molar-refractivity contribution in [2.45, 2.75) is 12.6 Å². The van der Waals surface area contributed by atoms with Crippen molar-refractivity contribution in [1.82, 2.24) is 9.88 Å². The molecule has 18 heavy (non-hydrogen) atoms. The van der Waals surface area contributed by atoms with Gasteiger partial charge >= 0.3 is 6.18 Å². The molecule has 1 unspecified atom stereocenters. The molecule has 0 aliphatic carbocycles. The van der Waals surface area contributed by atoms with Gasteiger partial charge in [-0.05, 0) is 38.1 Å². The Balaban J connectivity index is 1.93. The van der Waals surface area contributed by atoms with Gasteiger partial charge in [0.05, 0.1) is 5.56 Å². The molecule has 1 atom stereocenters. The van der Waals surface area contributed by atoms with Crippen LogP contribution < -0.4 is 5.32 Å². The summed E-state index contributed by atoms with van der Waals surface area (Å²) < 4.78 is 37.5. The maximum Gasteiger partial charge on any atom is 0.416 e. The van der Waals surface area contributed by atoms with Crippen LogP contribution in [0.2, 0.25) is 0 Å². The minimum absolute atomic E-state index is 0.291. The summed E-state index contributed by atoms with van der Waals surface area (Å²) in [6.45, 7) is 2.69. The fourth-order valence-corrected chi connectivity index (χ4v) is 2.15. The molecule has 2 heterocycles. The summed E-state index contributed by atoms with van der Waals surface area (Å²) in [6, 6.07) is 2.03. The molecular formula is C12H16F3N3. The first-order valence-electron chi connectivity index (χ1n) is 5.91. The highest BCUT2D eigenvalue weighted by Gasteiger charge is 2.30. The number of aromatic nitrogens is 1. The molecule has 1 N–H and O–H groups in total. The molecule has 3 nitrogen and oxygen atoms in total. The van der Waals surface area contributed by atoms with Crippen molar-refractivity contribution in [3.63, 3.8) is 0 Å². The lowest BCUT2D eigenvalue weighted by molar-refractivity contribution is -0.137. The number of halogens is 3. The van der Waals surface area contributed by atoms with Crippen LogP contribution in [0.4, 0.5) is 19.0 Å². The predicted molar refractivity (Wildman–Crippen MR) is 63.3 cm³/mol. The molecule has 1 saturated heterocycles. The molecule has 1 aliphatic heterocycles. The van der Waals surface area contributed by atoms with Crippen LogP contribution in [-0.4, -0.2) is 36.6 Å². The van der Waals surface area contributed by atoms with Gasteiger partial charge in [0, 0.05) is 19.3 Å². The number of nitrogens with one attached hydrogen (secondary N) is 1. The van der Waals surface area contributed by atoms with E-state index in [9.17, 15) is 13.2 Å². The predicted octanol–water partition coefficient (Wildman–Crippen LogP) is 2.46. The number of likely N-dealkylation sites (tertiary alicyclic amines) is 1. The van der Waals surface area contributed by atoms with Gasteiger partial charge in [-0.2, -0.15) is 13.2 Å². The molecule has 0 saturated carbocycles. The highest BCUT2D eigenvalue weighted by Crippen LogP contribution is 2.30. The van der Waals surface area contributed by atoms with E-state index in [0.29, 0.717) is 18.3 Å². The van der Waals surface area contributed by atoms with Crippen molar-refractivity contribution in [3.05, 3.63) is 23.9 Å². The number of anilines is 1. The summed E-state index contributed by atoms with van der Waals surface area (Å²) >= 11 is 0. The lowest BCUT2D eigenvalue weighted by atomic mass is 10.1. The SMILES string of the molecule is CN1CCC(CNc2cc(C(F)(F)F)ccn2)C1. The lowest BCUT2D eigenvalue weighted by Crippen LogP contribution is -2.19. The Hall–Kier alpha value is -1.30. The normalized spacial score (nSPS) is 21.2. The third-order valence-electron chi connectivity index (χ3n) is 3.15. The van der Waals surface area contributed by atoms with Gasteiger partial charge in [0.15, 0.2) is 0 Å². The van der Waals surface area contributed by atoms with Gasteiger partial charge in [-0.25, -0.2) is 4.98 Å². The van der Waals surface area contributed by atoms with Crippen molar-refractivity contribution in [2.75, 3.05) is 32.0 Å². The minimum atomic E-state index is -4.31. The van der Waals surface area contributed by atoms with Crippen LogP contribution >= 0.6 is 0 Å².